The molecule has 1 unspecified atom stereocenters. The van der Waals surface area contributed by atoms with Gasteiger partial charge >= 0.3 is 0 Å². The third kappa shape index (κ3) is 3.67. The van der Waals surface area contributed by atoms with Gasteiger partial charge < -0.3 is 24.4 Å². The number of aliphatic hydroxyl groups is 2. The highest BCUT2D eigenvalue weighted by Gasteiger charge is 2.43. The minimum atomic E-state index is -1.23. The summed E-state index contributed by atoms with van der Waals surface area (Å²) in [6.07, 6.45) is 6.68. The van der Waals surface area contributed by atoms with E-state index in [2.05, 4.69) is 6.08 Å². The summed E-state index contributed by atoms with van der Waals surface area (Å²) < 4.78 is 18.2. The molecule has 0 amide bonds. The zero-order valence-electron chi connectivity index (χ0n) is 19.4. The number of allylic oxidation sites excluding steroid dienone is 2. The Hall–Kier alpha value is -3.38. The third-order valence-corrected chi connectivity index (χ3v) is 7.20. The van der Waals surface area contributed by atoms with Crippen LogP contribution >= 0.6 is 0 Å². The molecular formula is C30H28O5. The average molecular weight is 469 g/mol. The fourth-order valence-corrected chi connectivity index (χ4v) is 5.47. The second-order valence-corrected chi connectivity index (χ2v) is 9.35. The number of rotatable bonds is 6. The fraction of sp³-hybridized carbons (Fsp3) is 0.267. The second-order valence-electron chi connectivity index (χ2n) is 9.35. The number of benzene rings is 3. The van der Waals surface area contributed by atoms with E-state index in [1.807, 2.05) is 78.9 Å². The maximum atomic E-state index is 11.8. The van der Waals surface area contributed by atoms with E-state index in [1.54, 1.807) is 0 Å². The molecule has 1 aliphatic carbocycles. The van der Waals surface area contributed by atoms with Crippen LogP contribution in [-0.2, 0) is 15.9 Å². The summed E-state index contributed by atoms with van der Waals surface area (Å²) in [6, 6.07) is 22.8. The van der Waals surface area contributed by atoms with Crippen LogP contribution in [0.4, 0.5) is 0 Å². The van der Waals surface area contributed by atoms with E-state index in [0.29, 0.717) is 42.5 Å². The number of hydrogen-bond donors (Lipinski definition) is 2. The van der Waals surface area contributed by atoms with Crippen molar-refractivity contribution < 1.29 is 24.4 Å². The van der Waals surface area contributed by atoms with Gasteiger partial charge in [-0.05, 0) is 50.0 Å². The van der Waals surface area contributed by atoms with Crippen LogP contribution in [0.3, 0.4) is 0 Å². The maximum absolute atomic E-state index is 11.8. The molecule has 2 N–H and O–H groups in total. The van der Waals surface area contributed by atoms with E-state index in [4.69, 9.17) is 14.2 Å². The lowest BCUT2D eigenvalue weighted by molar-refractivity contribution is -0.0385. The minimum Gasteiger partial charge on any atom is -0.457 e. The molecule has 0 radical (unpaired) electrons. The highest BCUT2D eigenvalue weighted by atomic mass is 16.5. The first-order valence-electron chi connectivity index (χ1n) is 12.2. The molecule has 6 rings (SSSR count). The van der Waals surface area contributed by atoms with Gasteiger partial charge in [0.15, 0.2) is 0 Å². The molecule has 178 valence electrons. The number of fused-ring (bicyclic) bond motifs is 3. The summed E-state index contributed by atoms with van der Waals surface area (Å²) in [5.74, 6) is 2.72. The van der Waals surface area contributed by atoms with Crippen molar-refractivity contribution in [1.29, 1.82) is 0 Å². The fourth-order valence-electron chi connectivity index (χ4n) is 5.47. The van der Waals surface area contributed by atoms with Crippen LogP contribution < -0.4 is 9.47 Å². The summed E-state index contributed by atoms with van der Waals surface area (Å²) in [5, 5.41) is 23.7. The topological polar surface area (TPSA) is 68.2 Å². The molecule has 3 aromatic rings. The van der Waals surface area contributed by atoms with Gasteiger partial charge in [-0.25, -0.2) is 0 Å². The second kappa shape index (κ2) is 8.68. The molecule has 0 saturated carbocycles. The van der Waals surface area contributed by atoms with Crippen LogP contribution in [0.2, 0.25) is 0 Å². The minimum absolute atomic E-state index is 0.134. The molecule has 5 nitrogen and oxygen atoms in total. The Labute approximate surface area is 204 Å². The first-order chi connectivity index (χ1) is 17.1. The Kier molecular flexibility index (Phi) is 5.49. The zero-order chi connectivity index (χ0) is 23.9. The lowest BCUT2D eigenvalue weighted by Crippen LogP contribution is -2.39. The molecule has 5 heteroatoms. The summed E-state index contributed by atoms with van der Waals surface area (Å²) >= 11 is 0. The van der Waals surface area contributed by atoms with Crippen molar-refractivity contribution in [3.05, 3.63) is 113 Å². The first-order valence-corrected chi connectivity index (χ1v) is 12.2. The van der Waals surface area contributed by atoms with Gasteiger partial charge in [-0.2, -0.15) is 0 Å². The maximum Gasteiger partial charge on any atom is 0.141 e. The average Bonchev–Trinajstić information content (AvgIpc) is 2.89. The smallest absolute Gasteiger partial charge is 0.141 e. The van der Waals surface area contributed by atoms with Crippen molar-refractivity contribution in [3.63, 3.8) is 0 Å². The molecule has 35 heavy (non-hydrogen) atoms. The predicted molar refractivity (Wildman–Crippen MR) is 132 cm³/mol. The Morgan fingerprint density at radius 3 is 1.97 bits per heavy atom. The molecule has 3 aliphatic rings. The van der Waals surface area contributed by atoms with E-state index in [1.165, 1.54) is 0 Å². The number of hydrogen-bond acceptors (Lipinski definition) is 5. The van der Waals surface area contributed by atoms with E-state index >= 15 is 0 Å². The van der Waals surface area contributed by atoms with Crippen LogP contribution in [0.15, 0.2) is 96.3 Å². The molecule has 1 atom stereocenters. The van der Waals surface area contributed by atoms with Gasteiger partial charge in [-0.1, -0.05) is 60.7 Å². The monoisotopic (exact) mass is 468 g/mol. The Morgan fingerprint density at radius 2 is 1.31 bits per heavy atom. The van der Waals surface area contributed by atoms with Gasteiger partial charge in [0, 0.05) is 28.9 Å². The largest absolute Gasteiger partial charge is 0.457 e. The standard InChI is InChI=1S/C30H28O5/c31-29(21-10-1-5-14-25(21)34-26-15-6-2-11-22(26)29)18-9-19-33-20-30(32)23-12-3-7-16-27(23)35-28-17-8-4-13-24(28)30/h1-3,5-8,10-12,14-17,31-32H,4,9,13,18-20H2. The Morgan fingerprint density at radius 1 is 0.743 bits per heavy atom. The van der Waals surface area contributed by atoms with Crippen molar-refractivity contribution in [2.24, 2.45) is 0 Å². The van der Waals surface area contributed by atoms with Gasteiger partial charge in [0.2, 0.25) is 0 Å². The Bertz CT molecular complexity index is 1280. The highest BCUT2D eigenvalue weighted by Crippen LogP contribution is 2.49. The van der Waals surface area contributed by atoms with E-state index < -0.39 is 11.2 Å². The lowest BCUT2D eigenvalue weighted by Gasteiger charge is -2.38. The van der Waals surface area contributed by atoms with Crippen molar-refractivity contribution in [1.82, 2.24) is 0 Å². The van der Waals surface area contributed by atoms with Crippen LogP contribution in [0, 0.1) is 0 Å². The summed E-state index contributed by atoms with van der Waals surface area (Å²) in [4.78, 5) is 0. The first kappa shape index (κ1) is 22.1. The van der Waals surface area contributed by atoms with Gasteiger partial charge in [-0.3, -0.25) is 0 Å². The summed E-state index contributed by atoms with van der Waals surface area (Å²) in [7, 11) is 0. The molecule has 0 spiro atoms. The SMILES string of the molecule is OC1(COCCCC2(O)c3ccccc3Oc3ccccc32)C2=C(C=CCC2)Oc2ccccc21. The number of para-hydroxylation sites is 3. The molecule has 0 bridgehead atoms. The van der Waals surface area contributed by atoms with Gasteiger partial charge in [0.1, 0.15) is 34.2 Å². The van der Waals surface area contributed by atoms with Crippen LogP contribution in [0.25, 0.3) is 0 Å². The van der Waals surface area contributed by atoms with Gasteiger partial charge in [0.25, 0.3) is 0 Å². The van der Waals surface area contributed by atoms with Gasteiger partial charge in [0.05, 0.1) is 6.61 Å². The molecular weight excluding hydrogens is 440 g/mol. The molecule has 0 saturated heterocycles. The van der Waals surface area contributed by atoms with Crippen LogP contribution in [0.5, 0.6) is 17.2 Å². The number of ether oxygens (including phenoxy) is 3. The normalized spacial score (nSPS) is 21.2. The van der Waals surface area contributed by atoms with Crippen molar-refractivity contribution in [2.45, 2.75) is 36.9 Å². The summed E-state index contributed by atoms with van der Waals surface area (Å²) in [6.45, 7) is 0.534. The highest BCUT2D eigenvalue weighted by molar-refractivity contribution is 5.55. The lowest BCUT2D eigenvalue weighted by atomic mass is 9.79. The molecule has 2 aliphatic heterocycles. The molecule has 2 heterocycles. The van der Waals surface area contributed by atoms with Crippen LogP contribution in [-0.4, -0.2) is 23.4 Å². The van der Waals surface area contributed by atoms with Gasteiger partial charge in [-0.15, -0.1) is 0 Å². The molecule has 3 aromatic carbocycles. The third-order valence-electron chi connectivity index (χ3n) is 7.20. The van der Waals surface area contributed by atoms with Crippen molar-refractivity contribution >= 4 is 0 Å². The zero-order valence-corrected chi connectivity index (χ0v) is 19.4. The van der Waals surface area contributed by atoms with Crippen molar-refractivity contribution in [2.75, 3.05) is 13.2 Å². The summed E-state index contributed by atoms with van der Waals surface area (Å²) in [5.41, 5.74) is 0.730. The predicted octanol–water partition coefficient (Wildman–Crippen LogP) is 5.71. The van der Waals surface area contributed by atoms with Crippen molar-refractivity contribution in [3.8, 4) is 17.2 Å². The van der Waals surface area contributed by atoms with E-state index in [0.717, 1.165) is 35.1 Å². The van der Waals surface area contributed by atoms with Crippen LogP contribution in [0.1, 0.15) is 42.4 Å². The quantitative estimate of drug-likeness (QED) is 0.454. The van der Waals surface area contributed by atoms with E-state index in [-0.39, 0.29) is 6.61 Å². The molecule has 0 fully saturated rings. The molecule has 0 aromatic heterocycles. The van der Waals surface area contributed by atoms with E-state index in [9.17, 15) is 10.2 Å². The Balaban J connectivity index is 1.19.